The van der Waals surface area contributed by atoms with Crippen molar-refractivity contribution >= 4 is 15.9 Å². The molecule has 0 radical (unpaired) electrons. The molecule has 0 fully saturated rings. The minimum absolute atomic E-state index is 0.0765. The topological polar surface area (TPSA) is 26.0 Å². The summed E-state index contributed by atoms with van der Waals surface area (Å²) in [6, 6.07) is 1.92. The van der Waals surface area contributed by atoms with E-state index in [1.54, 1.807) is 0 Å². The van der Waals surface area contributed by atoms with Crippen LogP contribution in [-0.4, -0.2) is 0 Å². The maximum atomic E-state index is 13.9. The molecule has 1 atom stereocenters. The van der Waals surface area contributed by atoms with Crippen LogP contribution in [0.15, 0.2) is 28.7 Å². The molecule has 0 spiro atoms. The van der Waals surface area contributed by atoms with Gasteiger partial charge in [0.15, 0.2) is 17.5 Å². The summed E-state index contributed by atoms with van der Waals surface area (Å²) in [6.07, 6.45) is 0. The van der Waals surface area contributed by atoms with Gasteiger partial charge < -0.3 is 5.73 Å². The average Bonchev–Trinajstić information content (AvgIpc) is 2.41. The summed E-state index contributed by atoms with van der Waals surface area (Å²) in [7, 11) is 0. The summed E-state index contributed by atoms with van der Waals surface area (Å²) < 4.78 is 67.0. The number of nitrogens with two attached hydrogens (primary N) is 1. The van der Waals surface area contributed by atoms with Gasteiger partial charge in [0.1, 0.15) is 11.6 Å². The van der Waals surface area contributed by atoms with E-state index in [9.17, 15) is 22.0 Å². The molecule has 1 nitrogen and oxygen atoms in total. The van der Waals surface area contributed by atoms with E-state index in [1.165, 1.54) is 0 Å². The monoisotopic (exact) mass is 351 g/mol. The van der Waals surface area contributed by atoms with Gasteiger partial charge in [-0.15, -0.1) is 0 Å². The molecule has 2 rings (SSSR count). The lowest BCUT2D eigenvalue weighted by atomic mass is 9.98. The smallest absolute Gasteiger partial charge is 0.194 e. The van der Waals surface area contributed by atoms with E-state index in [0.29, 0.717) is 6.07 Å². The van der Waals surface area contributed by atoms with Crippen LogP contribution in [0.1, 0.15) is 17.2 Å². The van der Waals surface area contributed by atoms with Gasteiger partial charge in [0.25, 0.3) is 0 Å². The number of benzene rings is 2. The molecule has 0 bridgehead atoms. The molecule has 1 unspecified atom stereocenters. The lowest BCUT2D eigenvalue weighted by Gasteiger charge is -2.16. The van der Waals surface area contributed by atoms with Crippen LogP contribution in [0.4, 0.5) is 22.0 Å². The summed E-state index contributed by atoms with van der Waals surface area (Å²) in [6.45, 7) is 0. The Morgan fingerprint density at radius 2 is 1.40 bits per heavy atom. The van der Waals surface area contributed by atoms with Crippen LogP contribution in [0.3, 0.4) is 0 Å². The van der Waals surface area contributed by atoms with E-state index >= 15 is 0 Å². The molecule has 0 aliphatic rings. The molecule has 0 amide bonds. The first-order valence-corrected chi connectivity index (χ1v) is 6.16. The highest BCUT2D eigenvalue weighted by atomic mass is 79.9. The molecule has 2 aromatic rings. The van der Waals surface area contributed by atoms with Gasteiger partial charge in [0, 0.05) is 11.1 Å². The van der Waals surface area contributed by atoms with Crippen molar-refractivity contribution in [3.05, 3.63) is 69.0 Å². The summed E-state index contributed by atoms with van der Waals surface area (Å²) in [4.78, 5) is 0. The lowest BCUT2D eigenvalue weighted by molar-refractivity contribution is 0.436. The lowest BCUT2D eigenvalue weighted by Crippen LogP contribution is -2.18. The van der Waals surface area contributed by atoms with Crippen LogP contribution in [0, 0.1) is 29.1 Å². The Hall–Kier alpha value is -1.47. The summed E-state index contributed by atoms with van der Waals surface area (Å²) >= 11 is 2.84. The van der Waals surface area contributed by atoms with Crippen LogP contribution < -0.4 is 5.73 Å². The van der Waals surface area contributed by atoms with Gasteiger partial charge in [0.2, 0.25) is 0 Å². The molecule has 0 aliphatic carbocycles. The standard InChI is InChI=1S/C13H7BrF5N/c14-6-2-4-7(15)9(11(6)18)13(20)5-1-3-8(16)12(19)10(5)17/h1-4,13H,20H2. The van der Waals surface area contributed by atoms with Crippen molar-refractivity contribution in [2.75, 3.05) is 0 Å². The first-order valence-electron chi connectivity index (χ1n) is 5.37. The highest BCUT2D eigenvalue weighted by Crippen LogP contribution is 2.31. The zero-order valence-electron chi connectivity index (χ0n) is 9.73. The fourth-order valence-corrected chi connectivity index (χ4v) is 2.11. The molecular weight excluding hydrogens is 345 g/mol. The third kappa shape index (κ3) is 2.43. The van der Waals surface area contributed by atoms with Crippen molar-refractivity contribution in [3.63, 3.8) is 0 Å². The molecule has 106 valence electrons. The van der Waals surface area contributed by atoms with Gasteiger partial charge in [-0.05, 0) is 34.1 Å². The van der Waals surface area contributed by atoms with Crippen molar-refractivity contribution in [1.82, 2.24) is 0 Å². The number of halogens is 6. The first kappa shape index (κ1) is 14.9. The van der Waals surface area contributed by atoms with Crippen molar-refractivity contribution < 1.29 is 22.0 Å². The Morgan fingerprint density at radius 1 is 0.800 bits per heavy atom. The highest BCUT2D eigenvalue weighted by molar-refractivity contribution is 9.10. The molecule has 0 heterocycles. The highest BCUT2D eigenvalue weighted by Gasteiger charge is 2.25. The maximum Gasteiger partial charge on any atom is 0.194 e. The Kier molecular flexibility index (Phi) is 4.10. The zero-order valence-corrected chi connectivity index (χ0v) is 11.3. The third-order valence-corrected chi connectivity index (χ3v) is 3.40. The largest absolute Gasteiger partial charge is 0.320 e. The number of hydrogen-bond acceptors (Lipinski definition) is 1. The second-order valence-electron chi connectivity index (χ2n) is 4.00. The van der Waals surface area contributed by atoms with E-state index < -0.39 is 46.3 Å². The Bertz CT molecular complexity index is 674. The molecule has 20 heavy (non-hydrogen) atoms. The SMILES string of the molecule is NC(c1ccc(F)c(F)c1F)c1c(F)ccc(Br)c1F. The maximum absolute atomic E-state index is 13.9. The van der Waals surface area contributed by atoms with Crippen LogP contribution >= 0.6 is 15.9 Å². The van der Waals surface area contributed by atoms with Crippen molar-refractivity contribution in [3.8, 4) is 0 Å². The number of hydrogen-bond donors (Lipinski definition) is 1. The van der Waals surface area contributed by atoms with Crippen molar-refractivity contribution in [1.29, 1.82) is 0 Å². The molecule has 0 saturated carbocycles. The van der Waals surface area contributed by atoms with Crippen molar-refractivity contribution in [2.45, 2.75) is 6.04 Å². The second kappa shape index (κ2) is 5.49. The Labute approximate surface area is 119 Å². The van der Waals surface area contributed by atoms with E-state index in [-0.39, 0.29) is 4.47 Å². The predicted octanol–water partition coefficient (Wildman–Crippen LogP) is 4.19. The molecule has 2 N–H and O–H groups in total. The van der Waals surface area contributed by atoms with E-state index in [4.69, 9.17) is 5.73 Å². The molecular formula is C13H7BrF5N. The second-order valence-corrected chi connectivity index (χ2v) is 4.85. The van der Waals surface area contributed by atoms with Crippen LogP contribution in [0.2, 0.25) is 0 Å². The van der Waals surface area contributed by atoms with E-state index in [0.717, 1.165) is 18.2 Å². The molecule has 2 aromatic carbocycles. The normalized spacial score (nSPS) is 12.6. The van der Waals surface area contributed by atoms with Crippen LogP contribution in [0.5, 0.6) is 0 Å². The van der Waals surface area contributed by atoms with E-state index in [2.05, 4.69) is 15.9 Å². The summed E-state index contributed by atoms with van der Waals surface area (Å²) in [5, 5.41) is 0. The van der Waals surface area contributed by atoms with Gasteiger partial charge in [-0.25, -0.2) is 22.0 Å². The molecule has 0 aliphatic heterocycles. The summed E-state index contributed by atoms with van der Waals surface area (Å²) in [5.41, 5.74) is 4.40. The molecule has 0 aromatic heterocycles. The molecule has 7 heteroatoms. The fourth-order valence-electron chi connectivity index (χ4n) is 1.76. The van der Waals surface area contributed by atoms with Gasteiger partial charge in [0.05, 0.1) is 10.5 Å². The first-order chi connectivity index (χ1) is 9.34. The van der Waals surface area contributed by atoms with Gasteiger partial charge in [-0.3, -0.25) is 0 Å². The minimum Gasteiger partial charge on any atom is -0.320 e. The Morgan fingerprint density at radius 3 is 2.05 bits per heavy atom. The van der Waals surface area contributed by atoms with Gasteiger partial charge >= 0.3 is 0 Å². The fraction of sp³-hybridized carbons (Fsp3) is 0.0769. The third-order valence-electron chi connectivity index (χ3n) is 2.79. The van der Waals surface area contributed by atoms with E-state index in [1.807, 2.05) is 0 Å². The zero-order chi connectivity index (χ0) is 15.0. The van der Waals surface area contributed by atoms with Crippen molar-refractivity contribution in [2.24, 2.45) is 5.73 Å². The summed E-state index contributed by atoms with van der Waals surface area (Å²) in [5.74, 6) is -6.76. The minimum atomic E-state index is -1.74. The quantitative estimate of drug-likeness (QED) is 0.490. The molecule has 0 saturated heterocycles. The van der Waals surface area contributed by atoms with Gasteiger partial charge in [-0.1, -0.05) is 6.07 Å². The Balaban J connectivity index is 2.61. The predicted molar refractivity (Wildman–Crippen MR) is 66.4 cm³/mol. The van der Waals surface area contributed by atoms with Crippen LogP contribution in [0.25, 0.3) is 0 Å². The van der Waals surface area contributed by atoms with Gasteiger partial charge in [-0.2, -0.15) is 0 Å². The average molecular weight is 352 g/mol. The van der Waals surface area contributed by atoms with Crippen LogP contribution in [-0.2, 0) is 0 Å². The number of rotatable bonds is 2.